The molecule has 0 aliphatic heterocycles. The molecule has 0 aliphatic carbocycles. The Labute approximate surface area is 139 Å². The molecule has 0 saturated carbocycles. The van der Waals surface area contributed by atoms with Crippen molar-refractivity contribution >= 4 is 39.8 Å². The molecule has 7 heteroatoms. The second kappa shape index (κ2) is 8.14. The van der Waals surface area contributed by atoms with E-state index in [9.17, 15) is 4.79 Å². The Morgan fingerprint density at radius 1 is 1.32 bits per heavy atom. The zero-order chi connectivity index (χ0) is 15.9. The summed E-state index contributed by atoms with van der Waals surface area (Å²) in [4.78, 5) is 13.8. The maximum absolute atomic E-state index is 12.0. The smallest absolute Gasteiger partial charge is 0.233 e. The summed E-state index contributed by atoms with van der Waals surface area (Å²) in [6, 6.07) is 8.09. The predicted molar refractivity (Wildman–Crippen MR) is 93.0 cm³/mol. The highest BCUT2D eigenvalue weighted by Crippen LogP contribution is 2.28. The molecule has 0 atom stereocenters. The summed E-state index contributed by atoms with van der Waals surface area (Å²) >= 11 is 2.90. The van der Waals surface area contributed by atoms with Crippen molar-refractivity contribution < 1.29 is 4.79 Å². The van der Waals surface area contributed by atoms with E-state index in [1.54, 1.807) is 0 Å². The van der Waals surface area contributed by atoms with E-state index >= 15 is 0 Å². The lowest BCUT2D eigenvalue weighted by atomic mass is 10.2. The first-order chi connectivity index (χ1) is 10.6. The zero-order valence-corrected chi connectivity index (χ0v) is 14.6. The SMILES string of the molecule is CCN(CC)C(=O)CSc1nnc(Nc2cccc(C)c2)s1. The predicted octanol–water partition coefficient (Wildman–Crippen LogP) is 3.55. The molecule has 0 fully saturated rings. The third kappa shape index (κ3) is 4.71. The van der Waals surface area contributed by atoms with Crippen molar-refractivity contribution in [1.29, 1.82) is 0 Å². The number of benzene rings is 1. The lowest BCUT2D eigenvalue weighted by Crippen LogP contribution is -2.31. The quantitative estimate of drug-likeness (QED) is 0.784. The maximum atomic E-state index is 12.0. The van der Waals surface area contributed by atoms with E-state index in [1.165, 1.54) is 28.7 Å². The monoisotopic (exact) mass is 336 g/mol. The van der Waals surface area contributed by atoms with E-state index in [1.807, 2.05) is 43.9 Å². The van der Waals surface area contributed by atoms with Crippen LogP contribution in [-0.2, 0) is 4.79 Å². The molecule has 0 saturated heterocycles. The number of hydrogen-bond acceptors (Lipinski definition) is 6. The number of amides is 1. The molecule has 2 aromatic rings. The second-order valence-electron chi connectivity index (χ2n) is 4.72. The Balaban J connectivity index is 1.90. The fraction of sp³-hybridized carbons (Fsp3) is 0.400. The van der Waals surface area contributed by atoms with Gasteiger partial charge in [-0.2, -0.15) is 0 Å². The van der Waals surface area contributed by atoms with Gasteiger partial charge in [-0.15, -0.1) is 10.2 Å². The van der Waals surface area contributed by atoms with Crippen LogP contribution in [0, 0.1) is 6.92 Å². The van der Waals surface area contributed by atoms with E-state index in [-0.39, 0.29) is 5.91 Å². The molecule has 1 N–H and O–H groups in total. The Morgan fingerprint density at radius 2 is 2.09 bits per heavy atom. The minimum atomic E-state index is 0.137. The largest absolute Gasteiger partial charge is 0.343 e. The van der Waals surface area contributed by atoms with Crippen molar-refractivity contribution in [3.8, 4) is 0 Å². The molecule has 1 aromatic heterocycles. The minimum absolute atomic E-state index is 0.137. The van der Waals surface area contributed by atoms with E-state index in [2.05, 4.69) is 21.6 Å². The third-order valence-corrected chi connectivity index (χ3v) is 5.07. The van der Waals surface area contributed by atoms with Crippen LogP contribution in [-0.4, -0.2) is 39.8 Å². The Hall–Kier alpha value is -1.60. The summed E-state index contributed by atoms with van der Waals surface area (Å²) in [5.41, 5.74) is 2.18. The third-order valence-electron chi connectivity index (χ3n) is 3.11. The lowest BCUT2D eigenvalue weighted by Gasteiger charge is -2.17. The first-order valence-electron chi connectivity index (χ1n) is 7.20. The van der Waals surface area contributed by atoms with Crippen LogP contribution >= 0.6 is 23.1 Å². The van der Waals surface area contributed by atoms with Crippen molar-refractivity contribution in [2.75, 3.05) is 24.2 Å². The van der Waals surface area contributed by atoms with E-state index in [0.29, 0.717) is 5.75 Å². The van der Waals surface area contributed by atoms with Crippen LogP contribution in [0.25, 0.3) is 0 Å². The number of aryl methyl sites for hydroxylation is 1. The van der Waals surface area contributed by atoms with Gasteiger partial charge in [-0.3, -0.25) is 4.79 Å². The number of anilines is 2. The van der Waals surface area contributed by atoms with Crippen LogP contribution < -0.4 is 5.32 Å². The molecule has 1 heterocycles. The van der Waals surface area contributed by atoms with E-state index in [0.717, 1.165) is 28.2 Å². The highest BCUT2D eigenvalue weighted by atomic mass is 32.2. The topological polar surface area (TPSA) is 58.1 Å². The summed E-state index contributed by atoms with van der Waals surface area (Å²) in [6.07, 6.45) is 0. The lowest BCUT2D eigenvalue weighted by molar-refractivity contribution is -0.127. The average Bonchev–Trinajstić information content (AvgIpc) is 2.94. The highest BCUT2D eigenvalue weighted by molar-refractivity contribution is 8.01. The van der Waals surface area contributed by atoms with Crippen LogP contribution in [0.15, 0.2) is 28.6 Å². The standard InChI is InChI=1S/C15H20N4OS2/c1-4-19(5-2)13(20)10-21-15-18-17-14(22-15)16-12-8-6-7-11(3)9-12/h6-9H,4-5,10H2,1-3H3,(H,16,17). The minimum Gasteiger partial charge on any atom is -0.343 e. The number of nitrogens with zero attached hydrogens (tertiary/aromatic N) is 3. The van der Waals surface area contributed by atoms with Gasteiger partial charge in [-0.05, 0) is 38.5 Å². The van der Waals surface area contributed by atoms with Gasteiger partial charge in [0, 0.05) is 18.8 Å². The second-order valence-corrected chi connectivity index (χ2v) is 6.92. The first kappa shape index (κ1) is 16.8. The van der Waals surface area contributed by atoms with Gasteiger partial charge in [0.1, 0.15) is 0 Å². The Kier molecular flexibility index (Phi) is 6.21. The fourth-order valence-electron chi connectivity index (χ4n) is 1.96. The number of aromatic nitrogens is 2. The van der Waals surface area contributed by atoms with Crippen molar-refractivity contribution in [3.05, 3.63) is 29.8 Å². The van der Waals surface area contributed by atoms with Gasteiger partial charge in [0.2, 0.25) is 11.0 Å². The molecule has 0 spiro atoms. The molecular weight excluding hydrogens is 316 g/mol. The molecule has 118 valence electrons. The van der Waals surface area contributed by atoms with Gasteiger partial charge in [0.15, 0.2) is 4.34 Å². The van der Waals surface area contributed by atoms with Gasteiger partial charge < -0.3 is 10.2 Å². The molecule has 0 radical (unpaired) electrons. The van der Waals surface area contributed by atoms with E-state index in [4.69, 9.17) is 0 Å². The summed E-state index contributed by atoms with van der Waals surface area (Å²) in [6.45, 7) is 7.51. The molecule has 0 aliphatic rings. The molecule has 0 bridgehead atoms. The molecule has 5 nitrogen and oxygen atoms in total. The van der Waals surface area contributed by atoms with Gasteiger partial charge in [0.25, 0.3) is 0 Å². The maximum Gasteiger partial charge on any atom is 0.233 e. The van der Waals surface area contributed by atoms with Crippen LogP contribution in [0.2, 0.25) is 0 Å². The van der Waals surface area contributed by atoms with Crippen LogP contribution in [0.5, 0.6) is 0 Å². The van der Waals surface area contributed by atoms with Gasteiger partial charge in [0.05, 0.1) is 5.75 Å². The van der Waals surface area contributed by atoms with Crippen LogP contribution in [0.3, 0.4) is 0 Å². The van der Waals surface area contributed by atoms with Gasteiger partial charge >= 0.3 is 0 Å². The summed E-state index contributed by atoms with van der Waals surface area (Å²) < 4.78 is 0.802. The molecule has 2 rings (SSSR count). The number of rotatable bonds is 7. The first-order valence-corrected chi connectivity index (χ1v) is 9.00. The number of thioether (sulfide) groups is 1. The van der Waals surface area contributed by atoms with E-state index < -0.39 is 0 Å². The highest BCUT2D eigenvalue weighted by Gasteiger charge is 2.12. The summed E-state index contributed by atoms with van der Waals surface area (Å²) in [5, 5.41) is 12.2. The molecule has 1 amide bonds. The van der Waals surface area contributed by atoms with Crippen molar-refractivity contribution in [2.45, 2.75) is 25.1 Å². The van der Waals surface area contributed by atoms with Crippen molar-refractivity contribution in [2.24, 2.45) is 0 Å². The summed E-state index contributed by atoms with van der Waals surface area (Å²) in [7, 11) is 0. The fourth-order valence-corrected chi connectivity index (χ4v) is 3.63. The molecule has 0 unspecified atom stereocenters. The Bertz CT molecular complexity index is 626. The zero-order valence-electron chi connectivity index (χ0n) is 13.0. The number of carbonyl (C=O) groups is 1. The Morgan fingerprint density at radius 3 is 2.77 bits per heavy atom. The van der Waals surface area contributed by atoms with Gasteiger partial charge in [-0.25, -0.2) is 0 Å². The van der Waals surface area contributed by atoms with Crippen molar-refractivity contribution in [3.63, 3.8) is 0 Å². The molecule has 22 heavy (non-hydrogen) atoms. The normalized spacial score (nSPS) is 10.5. The molecular formula is C15H20N4OS2. The number of hydrogen-bond donors (Lipinski definition) is 1. The van der Waals surface area contributed by atoms with Crippen LogP contribution in [0.4, 0.5) is 10.8 Å². The molecule has 1 aromatic carbocycles. The summed E-state index contributed by atoms with van der Waals surface area (Å²) in [5.74, 6) is 0.541. The van der Waals surface area contributed by atoms with Gasteiger partial charge in [-0.1, -0.05) is 35.2 Å². The van der Waals surface area contributed by atoms with Crippen LogP contribution in [0.1, 0.15) is 19.4 Å². The average molecular weight is 336 g/mol. The number of nitrogens with one attached hydrogen (secondary N) is 1. The van der Waals surface area contributed by atoms with Crippen molar-refractivity contribution in [1.82, 2.24) is 15.1 Å². The number of carbonyl (C=O) groups excluding carboxylic acids is 1.